The summed E-state index contributed by atoms with van der Waals surface area (Å²) < 4.78 is 23.7. The highest BCUT2D eigenvalue weighted by Gasteiger charge is 2.21. The summed E-state index contributed by atoms with van der Waals surface area (Å²) in [6.07, 6.45) is 0. The van der Waals surface area contributed by atoms with E-state index in [1.54, 1.807) is 0 Å². The van der Waals surface area contributed by atoms with E-state index in [4.69, 9.17) is 14.3 Å². The Morgan fingerprint density at radius 3 is 2.62 bits per heavy atom. The van der Waals surface area contributed by atoms with Crippen LogP contribution < -0.4 is 15.3 Å². The van der Waals surface area contributed by atoms with Gasteiger partial charge in [0, 0.05) is 19.2 Å². The lowest BCUT2D eigenvalue weighted by Crippen LogP contribution is -2.25. The Kier molecular flexibility index (Phi) is 4.47. The summed E-state index contributed by atoms with van der Waals surface area (Å²) in [5, 5.41) is 9.41. The lowest BCUT2D eigenvalue weighted by Gasteiger charge is -2.16. The minimum atomic E-state index is -1.39. The second-order valence-corrected chi connectivity index (χ2v) is 6.34. The number of nitrogens with zero attached hydrogens (tertiary/aromatic N) is 1. The van der Waals surface area contributed by atoms with Gasteiger partial charge in [0.1, 0.15) is 22.1 Å². The van der Waals surface area contributed by atoms with Gasteiger partial charge in [-0.2, -0.15) is 0 Å². The van der Waals surface area contributed by atoms with E-state index in [-0.39, 0.29) is 16.9 Å². The van der Waals surface area contributed by atoms with Crippen molar-refractivity contribution in [1.82, 2.24) is 0 Å². The molecule has 0 spiro atoms. The molecule has 0 saturated carbocycles. The molecule has 0 unspecified atom stereocenters. The van der Waals surface area contributed by atoms with Crippen molar-refractivity contribution in [2.24, 2.45) is 0 Å². The Morgan fingerprint density at radius 1 is 1.23 bits per heavy atom. The molecular weight excluding hydrogens is 365 g/mol. The largest absolute Gasteiger partial charge is 0.496 e. The summed E-state index contributed by atoms with van der Waals surface area (Å²) in [4.78, 5) is 36.7. The first-order valence-corrected chi connectivity index (χ1v) is 8.06. The third kappa shape index (κ3) is 3.04. The number of carboxylic acids is 1. The predicted molar refractivity (Wildman–Crippen MR) is 93.0 cm³/mol. The van der Waals surface area contributed by atoms with Gasteiger partial charge in [-0.15, -0.1) is 11.3 Å². The van der Waals surface area contributed by atoms with Crippen LogP contribution >= 0.6 is 11.3 Å². The monoisotopic (exact) mass is 377 g/mol. The van der Waals surface area contributed by atoms with Gasteiger partial charge < -0.3 is 19.2 Å². The number of methoxy groups -OCH3 is 1. The summed E-state index contributed by atoms with van der Waals surface area (Å²) in [6, 6.07) is 6.22. The first-order valence-electron chi connectivity index (χ1n) is 7.24. The number of ether oxygens (including phenoxy) is 1. The molecule has 0 aliphatic carbocycles. The number of carboxylic acid groups (broad SMARTS) is 1. The van der Waals surface area contributed by atoms with Gasteiger partial charge >= 0.3 is 11.6 Å². The van der Waals surface area contributed by atoms with E-state index in [9.17, 15) is 18.8 Å². The molecule has 2 heterocycles. The normalized spacial score (nSPS) is 10.7. The zero-order valence-corrected chi connectivity index (χ0v) is 14.4. The van der Waals surface area contributed by atoms with Crippen molar-refractivity contribution < 1.29 is 28.2 Å². The van der Waals surface area contributed by atoms with E-state index in [1.165, 1.54) is 37.3 Å². The smallest absolute Gasteiger partial charge is 0.351 e. The number of hydrogen-bond donors (Lipinski definition) is 1. The number of carbonyl (C=O) groups excluding carboxylic acids is 1. The summed E-state index contributed by atoms with van der Waals surface area (Å²) in [5.74, 6) is -2.31. The van der Waals surface area contributed by atoms with Crippen LogP contribution in [0, 0.1) is 5.82 Å². The van der Waals surface area contributed by atoms with Gasteiger partial charge in [0.25, 0.3) is 5.91 Å². The highest BCUT2D eigenvalue weighted by molar-refractivity contribution is 7.22. The van der Waals surface area contributed by atoms with Crippen molar-refractivity contribution >= 4 is 38.5 Å². The van der Waals surface area contributed by atoms with E-state index in [2.05, 4.69) is 0 Å². The van der Waals surface area contributed by atoms with E-state index in [0.717, 1.165) is 23.5 Å². The molecule has 3 aromatic rings. The lowest BCUT2D eigenvalue weighted by molar-refractivity contribution is 0.0692. The lowest BCUT2D eigenvalue weighted by atomic mass is 10.1. The Hall–Kier alpha value is -3.20. The summed E-state index contributed by atoms with van der Waals surface area (Å²) >= 11 is 1.08. The number of aromatic carboxylic acids is 1. The first-order chi connectivity index (χ1) is 12.3. The average Bonchev–Trinajstić information content (AvgIpc) is 3.02. The van der Waals surface area contributed by atoms with E-state index in [0.29, 0.717) is 9.70 Å². The molecule has 2 aromatic heterocycles. The molecule has 7 nitrogen and oxygen atoms in total. The molecular formula is C17H12FNO6S. The SMILES string of the molecule is COc1cc(F)ccc1C(=O)N(C)c1cc2oc(=O)c(C(=O)O)cc2s1. The number of fused-ring (bicyclic) bond motifs is 1. The molecule has 3 rings (SSSR count). The van der Waals surface area contributed by atoms with Crippen LogP contribution in [0.25, 0.3) is 10.3 Å². The Bertz CT molecular complexity index is 1090. The Balaban J connectivity index is 2.02. The highest BCUT2D eigenvalue weighted by atomic mass is 32.1. The van der Waals surface area contributed by atoms with Crippen LogP contribution in [0.15, 0.2) is 39.5 Å². The molecule has 0 bridgehead atoms. The fourth-order valence-electron chi connectivity index (χ4n) is 2.34. The van der Waals surface area contributed by atoms with E-state index >= 15 is 0 Å². The second kappa shape index (κ2) is 6.60. The molecule has 1 N–H and O–H groups in total. The first kappa shape index (κ1) is 17.6. The third-order valence-electron chi connectivity index (χ3n) is 3.67. The van der Waals surface area contributed by atoms with Gasteiger partial charge in [0.15, 0.2) is 5.58 Å². The topological polar surface area (TPSA) is 97.0 Å². The van der Waals surface area contributed by atoms with Crippen molar-refractivity contribution in [1.29, 1.82) is 0 Å². The zero-order chi connectivity index (χ0) is 19.0. The van der Waals surface area contributed by atoms with Gasteiger partial charge in [-0.25, -0.2) is 14.0 Å². The summed E-state index contributed by atoms with van der Waals surface area (Å²) in [7, 11) is 2.82. The number of halogens is 1. The Labute approximate surface area is 149 Å². The quantitative estimate of drug-likeness (QED) is 0.751. The van der Waals surface area contributed by atoms with Crippen molar-refractivity contribution in [3.05, 3.63) is 57.7 Å². The van der Waals surface area contributed by atoms with Gasteiger partial charge in [0.05, 0.1) is 17.4 Å². The number of benzene rings is 1. The molecule has 0 aliphatic rings. The summed E-state index contributed by atoms with van der Waals surface area (Å²) in [6.45, 7) is 0. The van der Waals surface area contributed by atoms with E-state index in [1.807, 2.05) is 0 Å². The number of thiophene rings is 1. The maximum Gasteiger partial charge on any atom is 0.351 e. The van der Waals surface area contributed by atoms with Crippen molar-refractivity contribution in [2.45, 2.75) is 0 Å². The fourth-order valence-corrected chi connectivity index (χ4v) is 3.33. The number of amides is 1. The summed E-state index contributed by atoms with van der Waals surface area (Å²) in [5.41, 5.74) is -1.13. The molecule has 0 radical (unpaired) electrons. The molecule has 134 valence electrons. The number of carbonyl (C=O) groups is 2. The van der Waals surface area contributed by atoms with Crippen LogP contribution in [-0.4, -0.2) is 31.1 Å². The predicted octanol–water partition coefficient (Wildman–Crippen LogP) is 2.98. The van der Waals surface area contributed by atoms with Crippen LogP contribution in [-0.2, 0) is 0 Å². The van der Waals surface area contributed by atoms with Crippen molar-refractivity contribution in [3.8, 4) is 5.75 Å². The molecule has 0 fully saturated rings. The molecule has 0 aliphatic heterocycles. The molecule has 9 heteroatoms. The fraction of sp³-hybridized carbons (Fsp3) is 0.118. The number of hydrogen-bond acceptors (Lipinski definition) is 6. The molecule has 0 saturated heterocycles. The van der Waals surface area contributed by atoms with Crippen LogP contribution in [0.1, 0.15) is 20.7 Å². The van der Waals surface area contributed by atoms with Gasteiger partial charge in [-0.05, 0) is 18.2 Å². The van der Waals surface area contributed by atoms with Gasteiger partial charge in [-0.1, -0.05) is 0 Å². The minimum Gasteiger partial charge on any atom is -0.496 e. The second-order valence-electron chi connectivity index (χ2n) is 5.27. The highest BCUT2D eigenvalue weighted by Crippen LogP contribution is 2.33. The van der Waals surface area contributed by atoms with E-state index < -0.39 is 28.9 Å². The van der Waals surface area contributed by atoms with Gasteiger partial charge in [0.2, 0.25) is 0 Å². The standard InChI is InChI=1S/C17H12FNO6S/c1-19(15(20)9-4-3-8(18)5-11(9)24-2)14-7-12-13(26-14)6-10(16(21)22)17(23)25-12/h3-7H,1-2H3,(H,21,22). The molecule has 26 heavy (non-hydrogen) atoms. The van der Waals surface area contributed by atoms with Gasteiger partial charge in [-0.3, -0.25) is 4.79 Å². The third-order valence-corrected chi connectivity index (χ3v) is 4.81. The molecule has 0 atom stereocenters. The van der Waals surface area contributed by atoms with Crippen LogP contribution in [0.2, 0.25) is 0 Å². The number of anilines is 1. The molecule has 1 amide bonds. The minimum absolute atomic E-state index is 0.0858. The van der Waals surface area contributed by atoms with Crippen molar-refractivity contribution in [3.63, 3.8) is 0 Å². The van der Waals surface area contributed by atoms with Crippen LogP contribution in [0.5, 0.6) is 5.75 Å². The van der Waals surface area contributed by atoms with Crippen molar-refractivity contribution in [2.75, 3.05) is 19.1 Å². The zero-order valence-electron chi connectivity index (χ0n) is 13.6. The van der Waals surface area contributed by atoms with Crippen LogP contribution in [0.3, 0.4) is 0 Å². The maximum absolute atomic E-state index is 13.3. The maximum atomic E-state index is 13.3. The van der Waals surface area contributed by atoms with Crippen LogP contribution in [0.4, 0.5) is 9.39 Å². The molecule has 1 aromatic carbocycles. The number of rotatable bonds is 4. The Morgan fingerprint density at radius 2 is 1.96 bits per heavy atom. The average molecular weight is 377 g/mol.